The van der Waals surface area contributed by atoms with Crippen LogP contribution in [0.25, 0.3) is 5.69 Å². The predicted octanol–water partition coefficient (Wildman–Crippen LogP) is 1.03. The Kier molecular flexibility index (Phi) is 5.33. The molecule has 0 spiro atoms. The largest absolute Gasteiger partial charge is 0.374 e. The van der Waals surface area contributed by atoms with Gasteiger partial charge in [-0.3, -0.25) is 24.5 Å². The molecule has 1 saturated heterocycles. The van der Waals surface area contributed by atoms with Gasteiger partial charge in [0.25, 0.3) is 11.8 Å². The molecule has 3 aliphatic heterocycles. The van der Waals surface area contributed by atoms with Crippen molar-refractivity contribution in [3.8, 4) is 5.69 Å². The van der Waals surface area contributed by atoms with Crippen LogP contribution < -0.4 is 10.6 Å². The van der Waals surface area contributed by atoms with Crippen LogP contribution in [0.1, 0.15) is 56.4 Å². The molecule has 2 N–H and O–H groups in total. The van der Waals surface area contributed by atoms with E-state index in [2.05, 4.69) is 20.9 Å². The minimum Gasteiger partial charge on any atom is -0.374 e. The summed E-state index contributed by atoms with van der Waals surface area (Å²) in [5.74, 6) is -1.44. The van der Waals surface area contributed by atoms with E-state index in [1.54, 1.807) is 18.2 Å². The van der Waals surface area contributed by atoms with E-state index < -0.39 is 11.9 Å². The summed E-state index contributed by atoms with van der Waals surface area (Å²) in [5.41, 5.74) is 3.98. The normalized spacial score (nSPS) is 21.1. The lowest BCUT2D eigenvalue weighted by atomic mass is 9.99. The van der Waals surface area contributed by atoms with Gasteiger partial charge in [-0.25, -0.2) is 4.68 Å². The van der Waals surface area contributed by atoms with Crippen molar-refractivity contribution in [2.24, 2.45) is 0 Å². The molecular formula is C25H22N6O5. The number of hydrogen-bond donors (Lipinski definition) is 2. The van der Waals surface area contributed by atoms with Crippen molar-refractivity contribution in [1.82, 2.24) is 30.5 Å². The second kappa shape index (κ2) is 8.68. The first kappa shape index (κ1) is 22.1. The van der Waals surface area contributed by atoms with E-state index in [9.17, 15) is 19.2 Å². The number of nitrogens with one attached hydrogen (secondary N) is 2. The Morgan fingerprint density at radius 2 is 1.97 bits per heavy atom. The van der Waals surface area contributed by atoms with Crippen molar-refractivity contribution in [2.45, 2.75) is 38.1 Å². The number of fused-ring (bicyclic) bond motifs is 2. The maximum Gasteiger partial charge on any atom is 0.274 e. The van der Waals surface area contributed by atoms with Crippen LogP contribution in [0.3, 0.4) is 0 Å². The van der Waals surface area contributed by atoms with Gasteiger partial charge in [0.1, 0.15) is 6.04 Å². The topological polar surface area (TPSA) is 136 Å². The lowest BCUT2D eigenvalue weighted by molar-refractivity contribution is -0.136. The number of nitrogens with zero attached hydrogens (tertiary/aromatic N) is 4. The molecule has 36 heavy (non-hydrogen) atoms. The molecule has 1 fully saturated rings. The summed E-state index contributed by atoms with van der Waals surface area (Å²) in [6, 6.07) is 12.1. The summed E-state index contributed by atoms with van der Waals surface area (Å²) in [4.78, 5) is 51.2. The standard InChI is InChI=1S/C25H22N6O5/c32-22-8-7-21(24(34)27-22)30-10-14-5-6-16(9-18(14)25(30)35)31-11-19(28-29-31)23(33)26-20-13-36-12-15-3-1-2-4-17(15)20/h1-6,9,11,20-21H,7-8,10,12-13H2,(H,26,33)(H,27,32,34)/t20-,21?/m0/s1. The zero-order chi connectivity index (χ0) is 24.8. The maximum absolute atomic E-state index is 13.1. The fraction of sp³-hybridized carbons (Fsp3) is 0.280. The zero-order valence-electron chi connectivity index (χ0n) is 19.1. The number of rotatable bonds is 4. The van der Waals surface area contributed by atoms with Crippen molar-refractivity contribution in [1.29, 1.82) is 0 Å². The zero-order valence-corrected chi connectivity index (χ0v) is 19.1. The van der Waals surface area contributed by atoms with Crippen LogP contribution in [0.5, 0.6) is 0 Å². The average Bonchev–Trinajstić information content (AvgIpc) is 3.50. The summed E-state index contributed by atoms with van der Waals surface area (Å²) in [6.45, 7) is 1.17. The van der Waals surface area contributed by atoms with E-state index in [-0.39, 0.29) is 42.4 Å². The molecule has 11 nitrogen and oxygen atoms in total. The molecule has 1 unspecified atom stereocenters. The van der Waals surface area contributed by atoms with Crippen LogP contribution in [0.2, 0.25) is 0 Å². The van der Waals surface area contributed by atoms with Gasteiger partial charge in [0, 0.05) is 18.5 Å². The second-order valence-electron chi connectivity index (χ2n) is 9.03. The highest BCUT2D eigenvalue weighted by Crippen LogP contribution is 2.29. The van der Waals surface area contributed by atoms with E-state index in [0.29, 0.717) is 30.9 Å². The average molecular weight is 486 g/mol. The van der Waals surface area contributed by atoms with Gasteiger partial charge in [-0.2, -0.15) is 0 Å². The molecule has 0 bridgehead atoms. The molecule has 11 heteroatoms. The molecular weight excluding hydrogens is 464 g/mol. The third-order valence-electron chi connectivity index (χ3n) is 6.78. The SMILES string of the molecule is O=C1CCC(N2Cc3ccc(-n4cc(C(=O)N[C@H]5COCc6ccccc65)nn4)cc3C2=O)C(=O)N1. The second-order valence-corrected chi connectivity index (χ2v) is 9.03. The van der Waals surface area contributed by atoms with Crippen LogP contribution in [0, 0.1) is 0 Å². The summed E-state index contributed by atoms with van der Waals surface area (Å²) in [6.07, 6.45) is 2.00. The number of benzene rings is 2. The molecule has 0 radical (unpaired) electrons. The van der Waals surface area contributed by atoms with Crippen LogP contribution in [0.15, 0.2) is 48.7 Å². The highest BCUT2D eigenvalue weighted by atomic mass is 16.5. The summed E-state index contributed by atoms with van der Waals surface area (Å²) < 4.78 is 7.04. The first-order valence-electron chi connectivity index (χ1n) is 11.6. The van der Waals surface area contributed by atoms with Gasteiger partial charge in [-0.1, -0.05) is 35.5 Å². The molecule has 3 aliphatic rings. The predicted molar refractivity (Wildman–Crippen MR) is 124 cm³/mol. The van der Waals surface area contributed by atoms with Gasteiger partial charge in [-0.15, -0.1) is 5.10 Å². The van der Waals surface area contributed by atoms with Crippen molar-refractivity contribution in [3.05, 3.63) is 76.6 Å². The number of carbonyl (C=O) groups excluding carboxylic acids is 4. The van der Waals surface area contributed by atoms with E-state index in [4.69, 9.17) is 4.74 Å². The number of piperidine rings is 1. The molecule has 4 amide bonds. The van der Waals surface area contributed by atoms with E-state index >= 15 is 0 Å². The number of hydrogen-bond acceptors (Lipinski definition) is 7. The molecule has 6 rings (SSSR count). The Balaban J connectivity index is 1.18. The maximum atomic E-state index is 13.1. The van der Waals surface area contributed by atoms with E-state index in [1.165, 1.54) is 15.8 Å². The monoisotopic (exact) mass is 486 g/mol. The van der Waals surface area contributed by atoms with Gasteiger partial charge >= 0.3 is 0 Å². The smallest absolute Gasteiger partial charge is 0.274 e. The van der Waals surface area contributed by atoms with Crippen molar-refractivity contribution in [2.75, 3.05) is 6.61 Å². The van der Waals surface area contributed by atoms with Gasteiger partial charge in [-0.05, 0) is 35.2 Å². The van der Waals surface area contributed by atoms with Crippen molar-refractivity contribution >= 4 is 23.6 Å². The first-order valence-corrected chi connectivity index (χ1v) is 11.6. The molecule has 1 aromatic heterocycles. The fourth-order valence-corrected chi connectivity index (χ4v) is 4.91. The van der Waals surface area contributed by atoms with Crippen LogP contribution in [-0.4, -0.2) is 56.2 Å². The number of ether oxygens (including phenoxy) is 1. The molecule has 2 atom stereocenters. The van der Waals surface area contributed by atoms with Crippen LogP contribution in [0.4, 0.5) is 0 Å². The minimum absolute atomic E-state index is 0.134. The molecule has 0 saturated carbocycles. The molecule has 4 heterocycles. The van der Waals surface area contributed by atoms with Gasteiger partial charge in [0.05, 0.1) is 31.1 Å². The lowest BCUT2D eigenvalue weighted by Gasteiger charge is -2.29. The highest BCUT2D eigenvalue weighted by Gasteiger charge is 2.39. The Morgan fingerprint density at radius 3 is 2.83 bits per heavy atom. The summed E-state index contributed by atoms with van der Waals surface area (Å²) in [5, 5.41) is 13.3. The minimum atomic E-state index is -0.679. The Hall–Kier alpha value is -4.38. The van der Waals surface area contributed by atoms with E-state index in [0.717, 1.165) is 16.7 Å². The Morgan fingerprint density at radius 1 is 1.11 bits per heavy atom. The highest BCUT2D eigenvalue weighted by molar-refractivity contribution is 6.05. The lowest BCUT2D eigenvalue weighted by Crippen LogP contribution is -2.52. The molecule has 2 aromatic carbocycles. The first-order chi connectivity index (χ1) is 17.5. The molecule has 3 aromatic rings. The van der Waals surface area contributed by atoms with Crippen molar-refractivity contribution in [3.63, 3.8) is 0 Å². The van der Waals surface area contributed by atoms with Gasteiger partial charge in [0.15, 0.2) is 5.69 Å². The van der Waals surface area contributed by atoms with E-state index in [1.807, 2.05) is 24.3 Å². The van der Waals surface area contributed by atoms with Crippen LogP contribution in [-0.2, 0) is 27.5 Å². The summed E-state index contributed by atoms with van der Waals surface area (Å²) in [7, 11) is 0. The van der Waals surface area contributed by atoms with Crippen LogP contribution >= 0.6 is 0 Å². The van der Waals surface area contributed by atoms with Crippen molar-refractivity contribution < 1.29 is 23.9 Å². The fourth-order valence-electron chi connectivity index (χ4n) is 4.91. The number of imide groups is 1. The molecule has 182 valence electrons. The summed E-state index contributed by atoms with van der Waals surface area (Å²) >= 11 is 0. The molecule has 0 aliphatic carbocycles. The Bertz CT molecular complexity index is 1420. The number of aromatic nitrogens is 3. The van der Waals surface area contributed by atoms with Gasteiger partial charge in [0.2, 0.25) is 11.8 Å². The number of amides is 4. The third kappa shape index (κ3) is 3.83. The van der Waals surface area contributed by atoms with Gasteiger partial charge < -0.3 is 15.0 Å². The quantitative estimate of drug-likeness (QED) is 0.526. The number of carbonyl (C=O) groups is 4. The Labute approximate surface area is 205 Å². The third-order valence-corrected chi connectivity index (χ3v) is 6.78.